The van der Waals surface area contributed by atoms with Crippen LogP contribution in [0.2, 0.25) is 0 Å². The predicted molar refractivity (Wildman–Crippen MR) is 63.7 cm³/mol. The molecule has 0 heterocycles. The number of hydrogen-bond donors (Lipinski definition) is 0. The van der Waals surface area contributed by atoms with Gasteiger partial charge >= 0.3 is 0 Å². The second-order valence-corrected chi connectivity index (χ2v) is 3.12. The van der Waals surface area contributed by atoms with Gasteiger partial charge in [-0.3, -0.25) is 9.80 Å². The van der Waals surface area contributed by atoms with Crippen molar-refractivity contribution in [2.24, 2.45) is 5.10 Å². The summed E-state index contributed by atoms with van der Waals surface area (Å²) in [5.41, 5.74) is 1.46. The normalized spacial score (nSPS) is 9.31. The molecule has 4 heteroatoms. The van der Waals surface area contributed by atoms with Crippen molar-refractivity contribution in [1.29, 1.82) is 0 Å². The average molecular weight is 218 g/mol. The number of hydrazone groups is 1. The van der Waals surface area contributed by atoms with Crippen LogP contribution in [-0.4, -0.2) is 25.1 Å². The lowest BCUT2D eigenvalue weighted by Crippen LogP contribution is -2.08. The van der Waals surface area contributed by atoms with Crippen LogP contribution in [0.4, 0.5) is 0 Å². The highest BCUT2D eigenvalue weighted by Gasteiger charge is 2.04. The van der Waals surface area contributed by atoms with Gasteiger partial charge in [-0.2, -0.15) is 5.10 Å². The number of carbonyl (C=O) groups is 1. The third kappa shape index (κ3) is 2.70. The van der Waals surface area contributed by atoms with Crippen molar-refractivity contribution in [1.82, 2.24) is 5.01 Å². The van der Waals surface area contributed by atoms with Crippen molar-refractivity contribution in [3.8, 4) is 5.75 Å². The molecule has 0 aliphatic heterocycles. The molecule has 0 radical (unpaired) electrons. The lowest BCUT2D eigenvalue weighted by molar-refractivity contribution is 0.112. The molecule has 0 saturated carbocycles. The minimum Gasteiger partial charge on any atom is -0.496 e. The summed E-state index contributed by atoms with van der Waals surface area (Å²) in [5.74, 6) is 0.565. The van der Waals surface area contributed by atoms with E-state index in [9.17, 15) is 4.79 Å². The molecule has 0 aliphatic carbocycles. The van der Waals surface area contributed by atoms with Gasteiger partial charge in [0.2, 0.25) is 0 Å². The fraction of sp³-hybridized carbons (Fsp3) is 0.167. The Labute approximate surface area is 94.8 Å². The monoisotopic (exact) mass is 218 g/mol. The van der Waals surface area contributed by atoms with Crippen LogP contribution < -0.4 is 4.74 Å². The first kappa shape index (κ1) is 12.0. The summed E-state index contributed by atoms with van der Waals surface area (Å²) in [5, 5.41) is 5.33. The Morgan fingerprint density at radius 3 is 2.81 bits per heavy atom. The van der Waals surface area contributed by atoms with Crippen LogP contribution in [0.5, 0.6) is 5.75 Å². The van der Waals surface area contributed by atoms with Crippen LogP contribution in [0.1, 0.15) is 15.9 Å². The van der Waals surface area contributed by atoms with Gasteiger partial charge in [0.15, 0.2) is 6.29 Å². The number of carbonyl (C=O) groups excluding carboxylic acids is 1. The topological polar surface area (TPSA) is 41.9 Å². The smallest absolute Gasteiger partial charge is 0.153 e. The van der Waals surface area contributed by atoms with Crippen molar-refractivity contribution in [2.45, 2.75) is 6.54 Å². The molecule has 0 spiro atoms. The first-order chi connectivity index (χ1) is 7.74. The van der Waals surface area contributed by atoms with Gasteiger partial charge in [-0.25, -0.2) is 0 Å². The highest BCUT2D eigenvalue weighted by molar-refractivity contribution is 5.79. The molecule has 0 atom stereocenters. The van der Waals surface area contributed by atoms with E-state index < -0.39 is 0 Å². The zero-order chi connectivity index (χ0) is 12.0. The van der Waals surface area contributed by atoms with Crippen molar-refractivity contribution < 1.29 is 9.53 Å². The molecule has 84 valence electrons. The first-order valence-electron chi connectivity index (χ1n) is 4.73. The molecule has 0 fully saturated rings. The van der Waals surface area contributed by atoms with Crippen LogP contribution in [-0.2, 0) is 6.54 Å². The zero-order valence-corrected chi connectivity index (χ0v) is 9.22. The molecule has 0 bridgehead atoms. The molecule has 1 aromatic carbocycles. The van der Waals surface area contributed by atoms with Crippen LogP contribution in [0, 0.1) is 0 Å². The SMILES string of the molecule is C=CN(Cc1ccc(OC)c(C=O)c1)N=C. The Morgan fingerprint density at radius 1 is 1.56 bits per heavy atom. The number of ether oxygens (including phenoxy) is 1. The minimum atomic E-state index is 0.521. The lowest BCUT2D eigenvalue weighted by atomic mass is 10.1. The van der Waals surface area contributed by atoms with Crippen LogP contribution in [0.3, 0.4) is 0 Å². The Kier molecular flexibility index (Phi) is 4.27. The van der Waals surface area contributed by atoms with Gasteiger partial charge in [0.05, 0.1) is 19.2 Å². The molecule has 1 aromatic rings. The average Bonchev–Trinajstić information content (AvgIpc) is 2.35. The molecule has 16 heavy (non-hydrogen) atoms. The largest absolute Gasteiger partial charge is 0.496 e. The summed E-state index contributed by atoms with van der Waals surface area (Å²) in [6, 6.07) is 5.38. The maximum Gasteiger partial charge on any atom is 0.153 e. The third-order valence-electron chi connectivity index (χ3n) is 2.16. The van der Waals surface area contributed by atoms with E-state index in [0.29, 0.717) is 17.9 Å². The number of aldehydes is 1. The van der Waals surface area contributed by atoms with E-state index in [2.05, 4.69) is 18.4 Å². The Balaban J connectivity index is 2.94. The van der Waals surface area contributed by atoms with Gasteiger partial charge in [-0.15, -0.1) is 0 Å². The Bertz CT molecular complexity index is 394. The number of benzene rings is 1. The molecule has 0 aromatic heterocycles. The van der Waals surface area contributed by atoms with E-state index >= 15 is 0 Å². The fourth-order valence-corrected chi connectivity index (χ4v) is 1.33. The summed E-state index contributed by atoms with van der Waals surface area (Å²) in [6.07, 6.45) is 2.33. The number of rotatable bonds is 6. The van der Waals surface area contributed by atoms with Crippen LogP contribution in [0.15, 0.2) is 36.1 Å². The van der Waals surface area contributed by atoms with Gasteiger partial charge in [0.1, 0.15) is 5.75 Å². The van der Waals surface area contributed by atoms with Crippen molar-refractivity contribution in [3.05, 3.63) is 42.1 Å². The standard InChI is InChI=1S/C12H14N2O2/c1-4-14(13-2)8-10-5-6-12(16-3)11(7-10)9-15/h4-7,9H,1-2,8H2,3H3. The van der Waals surface area contributed by atoms with Gasteiger partial charge in [-0.1, -0.05) is 12.6 Å². The number of methoxy groups -OCH3 is 1. The van der Waals surface area contributed by atoms with E-state index in [-0.39, 0.29) is 0 Å². The second-order valence-electron chi connectivity index (χ2n) is 3.12. The maximum absolute atomic E-state index is 10.8. The zero-order valence-electron chi connectivity index (χ0n) is 9.22. The van der Waals surface area contributed by atoms with E-state index in [1.807, 2.05) is 6.07 Å². The van der Waals surface area contributed by atoms with E-state index in [4.69, 9.17) is 4.74 Å². The van der Waals surface area contributed by atoms with Gasteiger partial charge in [0, 0.05) is 12.9 Å². The summed E-state index contributed by atoms with van der Waals surface area (Å²) in [6.45, 7) is 7.54. The second kappa shape index (κ2) is 5.70. The number of nitrogens with zero attached hydrogens (tertiary/aromatic N) is 2. The Hall–Kier alpha value is -2.10. The maximum atomic E-state index is 10.8. The molecule has 0 saturated heterocycles. The minimum absolute atomic E-state index is 0.521. The molecule has 4 nitrogen and oxygen atoms in total. The molecular weight excluding hydrogens is 204 g/mol. The Morgan fingerprint density at radius 2 is 2.31 bits per heavy atom. The number of hydrogen-bond acceptors (Lipinski definition) is 4. The van der Waals surface area contributed by atoms with Crippen molar-refractivity contribution in [3.63, 3.8) is 0 Å². The van der Waals surface area contributed by atoms with E-state index in [0.717, 1.165) is 11.8 Å². The summed E-state index contributed by atoms with van der Waals surface area (Å²) in [4.78, 5) is 10.8. The van der Waals surface area contributed by atoms with E-state index in [1.165, 1.54) is 7.11 Å². The molecule has 0 aliphatic rings. The van der Waals surface area contributed by atoms with Gasteiger partial charge in [0.25, 0.3) is 0 Å². The highest BCUT2D eigenvalue weighted by Crippen LogP contribution is 2.18. The van der Waals surface area contributed by atoms with Gasteiger partial charge in [-0.05, 0) is 17.7 Å². The van der Waals surface area contributed by atoms with E-state index in [1.54, 1.807) is 23.3 Å². The predicted octanol–water partition coefficient (Wildman–Crippen LogP) is 2.07. The van der Waals surface area contributed by atoms with Crippen LogP contribution in [0.25, 0.3) is 0 Å². The lowest BCUT2D eigenvalue weighted by Gasteiger charge is -2.13. The molecule has 0 unspecified atom stereocenters. The fourth-order valence-electron chi connectivity index (χ4n) is 1.33. The highest BCUT2D eigenvalue weighted by atomic mass is 16.5. The van der Waals surface area contributed by atoms with Crippen molar-refractivity contribution >= 4 is 13.0 Å². The molecule has 0 amide bonds. The first-order valence-corrected chi connectivity index (χ1v) is 4.73. The van der Waals surface area contributed by atoms with Gasteiger partial charge < -0.3 is 4.74 Å². The van der Waals surface area contributed by atoms with Crippen molar-refractivity contribution in [2.75, 3.05) is 7.11 Å². The summed E-state index contributed by atoms with van der Waals surface area (Å²) in [7, 11) is 1.53. The third-order valence-corrected chi connectivity index (χ3v) is 2.16. The molecule has 1 rings (SSSR count). The summed E-state index contributed by atoms with van der Waals surface area (Å²) < 4.78 is 5.05. The quantitative estimate of drug-likeness (QED) is 0.417. The summed E-state index contributed by atoms with van der Waals surface area (Å²) >= 11 is 0. The molecule has 0 N–H and O–H groups in total. The van der Waals surface area contributed by atoms with Crippen LogP contribution >= 0.6 is 0 Å². The molecular formula is C12H14N2O2.